The first-order valence-electron chi connectivity index (χ1n) is 7.91. The van der Waals surface area contributed by atoms with Crippen LogP contribution in [0, 0.1) is 0 Å². The lowest BCUT2D eigenvalue weighted by Gasteiger charge is -2.06. The van der Waals surface area contributed by atoms with Gasteiger partial charge in [-0.3, -0.25) is 23.1 Å². The van der Waals surface area contributed by atoms with Crippen LogP contribution in [-0.4, -0.2) is 29.0 Å². The normalized spacial score (nSPS) is 11.5. The molecule has 0 aliphatic heterocycles. The molecule has 0 spiro atoms. The van der Waals surface area contributed by atoms with Gasteiger partial charge in [-0.05, 0) is 5.56 Å². The number of hydrogen-bond acceptors (Lipinski definition) is 4. The van der Waals surface area contributed by atoms with Crippen LogP contribution in [0.15, 0.2) is 46.1 Å². The van der Waals surface area contributed by atoms with E-state index in [1.807, 2.05) is 30.3 Å². The Morgan fingerprint density at radius 3 is 2.46 bits per heavy atom. The zero-order valence-corrected chi connectivity index (χ0v) is 14.2. The fourth-order valence-corrected chi connectivity index (χ4v) is 3.17. The molecule has 0 fully saturated rings. The van der Waals surface area contributed by atoms with Crippen LogP contribution in [0.4, 0.5) is 0 Å². The standard InChI is InChI=1S/C17H16N6O3/c1-20-14-13(15(25)21(2)17(20)26)23-8-11(10-6-4-3-5-7-10)22(9-12(18)24)16(23)19-14/h3-8H,9H2,1-2H3,(H2,18,24). The minimum Gasteiger partial charge on any atom is -0.368 e. The predicted octanol–water partition coefficient (Wildman–Crippen LogP) is -0.161. The molecule has 0 radical (unpaired) electrons. The van der Waals surface area contributed by atoms with Crippen molar-refractivity contribution in [2.75, 3.05) is 0 Å². The maximum Gasteiger partial charge on any atom is 0.332 e. The summed E-state index contributed by atoms with van der Waals surface area (Å²) in [6, 6.07) is 9.42. The molecule has 0 saturated heterocycles. The van der Waals surface area contributed by atoms with Crippen LogP contribution in [0.3, 0.4) is 0 Å². The van der Waals surface area contributed by atoms with Crippen molar-refractivity contribution < 1.29 is 4.79 Å². The lowest BCUT2D eigenvalue weighted by atomic mass is 10.2. The number of imidazole rings is 2. The van der Waals surface area contributed by atoms with Crippen LogP contribution in [0.2, 0.25) is 0 Å². The molecule has 0 atom stereocenters. The fraction of sp³-hybridized carbons (Fsp3) is 0.176. The average molecular weight is 352 g/mol. The summed E-state index contributed by atoms with van der Waals surface area (Å²) in [5.74, 6) is -0.162. The number of aryl methyl sites for hydroxylation is 1. The van der Waals surface area contributed by atoms with E-state index in [-0.39, 0.29) is 17.7 Å². The molecule has 132 valence electrons. The molecule has 4 rings (SSSR count). The van der Waals surface area contributed by atoms with Crippen molar-refractivity contribution in [2.45, 2.75) is 6.54 Å². The molecule has 9 nitrogen and oxygen atoms in total. The van der Waals surface area contributed by atoms with Crippen molar-refractivity contribution in [3.05, 3.63) is 57.4 Å². The zero-order valence-electron chi connectivity index (χ0n) is 14.2. The Labute approximate surface area is 146 Å². The van der Waals surface area contributed by atoms with E-state index in [2.05, 4.69) is 4.98 Å². The van der Waals surface area contributed by atoms with Crippen LogP contribution in [-0.2, 0) is 25.4 Å². The molecule has 0 aliphatic rings. The van der Waals surface area contributed by atoms with E-state index in [0.717, 1.165) is 10.1 Å². The molecule has 0 unspecified atom stereocenters. The number of primary amides is 1. The molecule has 1 aromatic carbocycles. The minimum atomic E-state index is -0.533. The Morgan fingerprint density at radius 1 is 1.12 bits per heavy atom. The number of carbonyl (C=O) groups is 1. The zero-order chi connectivity index (χ0) is 18.6. The third-order valence-electron chi connectivity index (χ3n) is 4.44. The first-order chi connectivity index (χ1) is 12.4. The molecule has 3 aromatic heterocycles. The van der Waals surface area contributed by atoms with Crippen molar-refractivity contribution in [1.29, 1.82) is 0 Å². The molecule has 2 N–H and O–H groups in total. The Bertz CT molecular complexity index is 1290. The van der Waals surface area contributed by atoms with E-state index < -0.39 is 17.2 Å². The fourth-order valence-electron chi connectivity index (χ4n) is 3.17. The van der Waals surface area contributed by atoms with Gasteiger partial charge in [-0.1, -0.05) is 30.3 Å². The molecular weight excluding hydrogens is 336 g/mol. The summed E-state index contributed by atoms with van der Waals surface area (Å²) < 4.78 is 5.58. The minimum absolute atomic E-state index is 0.0989. The van der Waals surface area contributed by atoms with Crippen LogP contribution >= 0.6 is 0 Å². The van der Waals surface area contributed by atoms with Gasteiger partial charge in [0.15, 0.2) is 11.2 Å². The lowest BCUT2D eigenvalue weighted by Crippen LogP contribution is -2.37. The van der Waals surface area contributed by atoms with Gasteiger partial charge < -0.3 is 10.3 Å². The molecule has 3 heterocycles. The Morgan fingerprint density at radius 2 is 1.81 bits per heavy atom. The number of nitrogens with zero attached hydrogens (tertiary/aromatic N) is 5. The van der Waals surface area contributed by atoms with Gasteiger partial charge in [-0.2, -0.15) is 4.98 Å². The van der Waals surface area contributed by atoms with E-state index in [4.69, 9.17) is 5.73 Å². The number of rotatable bonds is 3. The van der Waals surface area contributed by atoms with Crippen molar-refractivity contribution >= 4 is 22.8 Å². The number of aromatic nitrogens is 5. The Kier molecular flexibility index (Phi) is 3.33. The van der Waals surface area contributed by atoms with E-state index >= 15 is 0 Å². The first-order valence-corrected chi connectivity index (χ1v) is 7.91. The lowest BCUT2D eigenvalue weighted by molar-refractivity contribution is -0.118. The highest BCUT2D eigenvalue weighted by Crippen LogP contribution is 2.25. The van der Waals surface area contributed by atoms with Crippen LogP contribution in [0.5, 0.6) is 0 Å². The van der Waals surface area contributed by atoms with E-state index in [1.54, 1.807) is 22.2 Å². The molecule has 0 aliphatic carbocycles. The summed E-state index contributed by atoms with van der Waals surface area (Å²) in [6.07, 6.45) is 1.73. The van der Waals surface area contributed by atoms with Crippen LogP contribution in [0.25, 0.3) is 28.2 Å². The first kappa shape index (κ1) is 15.9. The summed E-state index contributed by atoms with van der Waals surface area (Å²) in [5.41, 5.74) is 6.57. The summed E-state index contributed by atoms with van der Waals surface area (Å²) in [5, 5.41) is 0. The van der Waals surface area contributed by atoms with Gasteiger partial charge in [0, 0.05) is 20.3 Å². The highest BCUT2D eigenvalue weighted by molar-refractivity contribution is 5.80. The molecule has 0 saturated carbocycles. The highest BCUT2D eigenvalue weighted by Gasteiger charge is 2.21. The Hall–Kier alpha value is -3.62. The molecule has 0 bridgehead atoms. The highest BCUT2D eigenvalue weighted by atomic mass is 16.2. The molecule has 1 amide bonds. The van der Waals surface area contributed by atoms with E-state index in [1.165, 1.54) is 11.6 Å². The van der Waals surface area contributed by atoms with Gasteiger partial charge in [0.2, 0.25) is 11.7 Å². The number of benzene rings is 1. The average Bonchev–Trinajstić information content (AvgIpc) is 3.16. The second-order valence-electron chi connectivity index (χ2n) is 6.09. The number of fused-ring (bicyclic) bond motifs is 3. The molecule has 9 heteroatoms. The molecule has 4 aromatic rings. The number of carbonyl (C=O) groups excluding carboxylic acids is 1. The summed E-state index contributed by atoms with van der Waals surface area (Å²) in [6.45, 7) is -0.0989. The monoisotopic (exact) mass is 352 g/mol. The summed E-state index contributed by atoms with van der Waals surface area (Å²) in [7, 11) is 2.97. The van der Waals surface area contributed by atoms with Crippen LogP contribution in [0.1, 0.15) is 0 Å². The summed E-state index contributed by atoms with van der Waals surface area (Å²) >= 11 is 0. The number of hydrogen-bond donors (Lipinski definition) is 1. The number of nitrogens with two attached hydrogens (primary N) is 1. The van der Waals surface area contributed by atoms with Crippen molar-refractivity contribution in [3.63, 3.8) is 0 Å². The van der Waals surface area contributed by atoms with Gasteiger partial charge in [0.05, 0.1) is 5.69 Å². The number of amides is 1. The largest absolute Gasteiger partial charge is 0.368 e. The molecule has 26 heavy (non-hydrogen) atoms. The van der Waals surface area contributed by atoms with Crippen molar-refractivity contribution in [2.24, 2.45) is 19.8 Å². The van der Waals surface area contributed by atoms with Gasteiger partial charge in [-0.25, -0.2) is 4.79 Å². The smallest absolute Gasteiger partial charge is 0.332 e. The third-order valence-corrected chi connectivity index (χ3v) is 4.44. The molecular formula is C17H16N6O3. The third kappa shape index (κ3) is 2.10. The van der Waals surface area contributed by atoms with Gasteiger partial charge >= 0.3 is 5.69 Å². The quantitative estimate of drug-likeness (QED) is 0.552. The second-order valence-corrected chi connectivity index (χ2v) is 6.09. The Balaban J connectivity index is 2.17. The van der Waals surface area contributed by atoms with Gasteiger partial charge in [0.25, 0.3) is 5.56 Å². The summed E-state index contributed by atoms with van der Waals surface area (Å²) in [4.78, 5) is 40.8. The second kappa shape index (κ2) is 5.45. The SMILES string of the molecule is Cn1c(=O)c2c(nc3n(CC(N)=O)c(-c4ccccc4)cn23)n(C)c1=O. The maximum atomic E-state index is 12.6. The maximum absolute atomic E-state index is 12.6. The predicted molar refractivity (Wildman–Crippen MR) is 95.8 cm³/mol. The van der Waals surface area contributed by atoms with Crippen LogP contribution < -0.4 is 17.0 Å². The van der Waals surface area contributed by atoms with Gasteiger partial charge in [-0.15, -0.1) is 0 Å². The van der Waals surface area contributed by atoms with E-state index in [0.29, 0.717) is 11.5 Å². The van der Waals surface area contributed by atoms with Crippen molar-refractivity contribution in [3.8, 4) is 11.3 Å². The van der Waals surface area contributed by atoms with Gasteiger partial charge in [0.1, 0.15) is 6.54 Å². The van der Waals surface area contributed by atoms with Crippen molar-refractivity contribution in [1.82, 2.24) is 23.1 Å². The topological polar surface area (TPSA) is 109 Å². The van der Waals surface area contributed by atoms with E-state index in [9.17, 15) is 14.4 Å².